The monoisotopic (exact) mass is 258 g/mol. The first-order valence-electron chi connectivity index (χ1n) is 7.29. The van der Waals surface area contributed by atoms with E-state index in [1.54, 1.807) is 0 Å². The number of benzene rings is 1. The first-order valence-corrected chi connectivity index (χ1v) is 7.29. The van der Waals surface area contributed by atoms with E-state index in [4.69, 9.17) is 0 Å². The Bertz CT molecular complexity index is 468. The maximum absolute atomic E-state index is 12.7. The second-order valence-electron chi connectivity index (χ2n) is 6.05. The van der Waals surface area contributed by atoms with Crippen molar-refractivity contribution in [1.82, 2.24) is 5.32 Å². The third-order valence-electron chi connectivity index (χ3n) is 4.80. The molecule has 0 radical (unpaired) electrons. The van der Waals surface area contributed by atoms with Gasteiger partial charge < -0.3 is 10.6 Å². The Balaban J connectivity index is 1.77. The molecule has 102 valence electrons. The fraction of sp³-hybridized carbons (Fsp3) is 0.562. The molecule has 0 bridgehead atoms. The molecule has 3 rings (SSSR count). The van der Waals surface area contributed by atoms with E-state index in [0.29, 0.717) is 5.92 Å². The Kier molecular flexibility index (Phi) is 3.31. The van der Waals surface area contributed by atoms with Crippen LogP contribution in [0.3, 0.4) is 0 Å². The van der Waals surface area contributed by atoms with Crippen molar-refractivity contribution in [2.24, 2.45) is 11.3 Å². The molecule has 3 heteroatoms. The minimum Gasteiger partial charge on any atom is -0.326 e. The van der Waals surface area contributed by atoms with Gasteiger partial charge in [-0.25, -0.2) is 0 Å². The summed E-state index contributed by atoms with van der Waals surface area (Å²) in [5.74, 6) is 0.734. The number of hydrogen-bond donors (Lipinski definition) is 2. The number of anilines is 1. The minimum atomic E-state index is -0.164. The standard InChI is InChI=1S/C16H22N2O/c1-12-5-7-14(8-6-12)18-15(19)16-9-3-2-4-13(16)10-17-11-16/h5-8,13,17H,2-4,9-11H2,1H3,(H,18,19)/t13-,16+/m0/s1. The Morgan fingerprint density at radius 3 is 2.89 bits per heavy atom. The second kappa shape index (κ2) is 4.97. The maximum atomic E-state index is 12.7. The SMILES string of the molecule is Cc1ccc(NC(=O)[C@@]23CCCC[C@H]2CNC3)cc1. The highest BCUT2D eigenvalue weighted by atomic mass is 16.2. The second-order valence-corrected chi connectivity index (χ2v) is 6.05. The molecule has 19 heavy (non-hydrogen) atoms. The fourth-order valence-corrected chi connectivity index (χ4v) is 3.58. The van der Waals surface area contributed by atoms with Gasteiger partial charge in [0.15, 0.2) is 0 Å². The number of amides is 1. The highest BCUT2D eigenvalue weighted by Gasteiger charge is 2.49. The van der Waals surface area contributed by atoms with Gasteiger partial charge >= 0.3 is 0 Å². The molecule has 1 saturated carbocycles. The molecule has 1 aliphatic carbocycles. The quantitative estimate of drug-likeness (QED) is 0.856. The Labute approximate surface area is 114 Å². The predicted octanol–water partition coefficient (Wildman–Crippen LogP) is 2.71. The normalized spacial score (nSPS) is 29.8. The van der Waals surface area contributed by atoms with E-state index in [1.807, 2.05) is 24.3 Å². The molecule has 2 N–H and O–H groups in total. The van der Waals surface area contributed by atoms with Crippen molar-refractivity contribution in [2.75, 3.05) is 18.4 Å². The number of hydrogen-bond acceptors (Lipinski definition) is 2. The van der Waals surface area contributed by atoms with Crippen LogP contribution in [-0.4, -0.2) is 19.0 Å². The summed E-state index contributed by atoms with van der Waals surface area (Å²) in [6.45, 7) is 3.90. The van der Waals surface area contributed by atoms with Crippen molar-refractivity contribution in [2.45, 2.75) is 32.6 Å². The molecule has 1 aromatic carbocycles. The van der Waals surface area contributed by atoms with Gasteiger partial charge in [0.05, 0.1) is 5.41 Å². The molecule has 2 atom stereocenters. The molecular formula is C16H22N2O. The highest BCUT2D eigenvalue weighted by Crippen LogP contribution is 2.44. The number of aryl methyl sites for hydroxylation is 1. The minimum absolute atomic E-state index is 0.164. The summed E-state index contributed by atoms with van der Waals surface area (Å²) >= 11 is 0. The van der Waals surface area contributed by atoms with Gasteiger partial charge in [-0.2, -0.15) is 0 Å². The van der Waals surface area contributed by atoms with Crippen molar-refractivity contribution in [1.29, 1.82) is 0 Å². The Morgan fingerprint density at radius 1 is 1.32 bits per heavy atom. The van der Waals surface area contributed by atoms with Gasteiger partial charge in [0.2, 0.25) is 5.91 Å². The van der Waals surface area contributed by atoms with Crippen LogP contribution in [0.15, 0.2) is 24.3 Å². The zero-order valence-electron chi connectivity index (χ0n) is 11.5. The van der Waals surface area contributed by atoms with Crippen molar-refractivity contribution in [3.8, 4) is 0 Å². The lowest BCUT2D eigenvalue weighted by Crippen LogP contribution is -2.44. The van der Waals surface area contributed by atoms with E-state index in [2.05, 4.69) is 17.6 Å². The van der Waals surface area contributed by atoms with Gasteiger partial charge in [-0.05, 0) is 44.4 Å². The Morgan fingerprint density at radius 2 is 2.11 bits per heavy atom. The fourth-order valence-electron chi connectivity index (χ4n) is 3.58. The first-order chi connectivity index (χ1) is 9.21. The molecule has 0 aromatic heterocycles. The molecule has 1 aliphatic heterocycles. The van der Waals surface area contributed by atoms with Gasteiger partial charge in [0.1, 0.15) is 0 Å². The maximum Gasteiger partial charge on any atom is 0.232 e. The zero-order chi connectivity index (χ0) is 13.3. The molecule has 1 saturated heterocycles. The summed E-state index contributed by atoms with van der Waals surface area (Å²) in [7, 11) is 0. The molecule has 0 spiro atoms. The molecule has 2 aliphatic rings. The first kappa shape index (κ1) is 12.7. The van der Waals surface area contributed by atoms with Crippen LogP contribution in [0.25, 0.3) is 0 Å². The van der Waals surface area contributed by atoms with Crippen molar-refractivity contribution in [3.05, 3.63) is 29.8 Å². The summed E-state index contributed by atoms with van der Waals surface area (Å²) in [6, 6.07) is 8.06. The van der Waals surface area contributed by atoms with Gasteiger partial charge in [-0.3, -0.25) is 4.79 Å². The number of carbonyl (C=O) groups excluding carboxylic acids is 1. The van der Waals surface area contributed by atoms with Crippen LogP contribution in [-0.2, 0) is 4.79 Å². The van der Waals surface area contributed by atoms with E-state index in [0.717, 1.165) is 25.2 Å². The third-order valence-corrected chi connectivity index (χ3v) is 4.80. The van der Waals surface area contributed by atoms with Crippen molar-refractivity contribution < 1.29 is 4.79 Å². The van der Waals surface area contributed by atoms with Crippen LogP contribution in [0.2, 0.25) is 0 Å². The summed E-state index contributed by atoms with van der Waals surface area (Å²) in [6.07, 6.45) is 4.67. The van der Waals surface area contributed by atoms with E-state index in [1.165, 1.54) is 24.8 Å². The summed E-state index contributed by atoms with van der Waals surface area (Å²) in [4.78, 5) is 12.7. The smallest absolute Gasteiger partial charge is 0.232 e. The lowest BCUT2D eigenvalue weighted by molar-refractivity contribution is -0.128. The summed E-state index contributed by atoms with van der Waals surface area (Å²) < 4.78 is 0. The van der Waals surface area contributed by atoms with E-state index in [-0.39, 0.29) is 11.3 Å². The highest BCUT2D eigenvalue weighted by molar-refractivity contribution is 5.96. The van der Waals surface area contributed by atoms with E-state index < -0.39 is 0 Å². The van der Waals surface area contributed by atoms with Gasteiger partial charge in [-0.15, -0.1) is 0 Å². The van der Waals surface area contributed by atoms with Gasteiger partial charge in [0, 0.05) is 12.2 Å². The average Bonchev–Trinajstić information content (AvgIpc) is 2.86. The summed E-state index contributed by atoms with van der Waals surface area (Å²) in [5, 5.41) is 6.54. The predicted molar refractivity (Wildman–Crippen MR) is 77.1 cm³/mol. The lowest BCUT2D eigenvalue weighted by atomic mass is 9.67. The molecule has 3 nitrogen and oxygen atoms in total. The molecule has 0 unspecified atom stereocenters. The van der Waals surface area contributed by atoms with E-state index >= 15 is 0 Å². The molecule has 1 aromatic rings. The van der Waals surface area contributed by atoms with Crippen LogP contribution in [0.5, 0.6) is 0 Å². The number of fused-ring (bicyclic) bond motifs is 1. The zero-order valence-corrected chi connectivity index (χ0v) is 11.5. The van der Waals surface area contributed by atoms with Crippen LogP contribution in [0, 0.1) is 18.3 Å². The van der Waals surface area contributed by atoms with Crippen LogP contribution >= 0.6 is 0 Å². The van der Waals surface area contributed by atoms with Gasteiger partial charge in [-0.1, -0.05) is 30.5 Å². The molecule has 1 heterocycles. The summed E-state index contributed by atoms with van der Waals surface area (Å²) in [5.41, 5.74) is 1.97. The van der Waals surface area contributed by atoms with Crippen LogP contribution in [0.4, 0.5) is 5.69 Å². The largest absolute Gasteiger partial charge is 0.326 e. The number of carbonyl (C=O) groups is 1. The topological polar surface area (TPSA) is 41.1 Å². The van der Waals surface area contributed by atoms with Crippen LogP contribution in [0.1, 0.15) is 31.2 Å². The number of rotatable bonds is 2. The van der Waals surface area contributed by atoms with E-state index in [9.17, 15) is 4.79 Å². The molecule has 1 amide bonds. The lowest BCUT2D eigenvalue weighted by Gasteiger charge is -2.37. The van der Waals surface area contributed by atoms with Gasteiger partial charge in [0.25, 0.3) is 0 Å². The molecule has 2 fully saturated rings. The molecular weight excluding hydrogens is 236 g/mol. The third kappa shape index (κ3) is 2.27. The average molecular weight is 258 g/mol. The number of nitrogens with one attached hydrogen (secondary N) is 2. The Hall–Kier alpha value is -1.35. The van der Waals surface area contributed by atoms with Crippen molar-refractivity contribution in [3.63, 3.8) is 0 Å². The van der Waals surface area contributed by atoms with Crippen molar-refractivity contribution >= 4 is 11.6 Å². The van der Waals surface area contributed by atoms with Crippen LogP contribution < -0.4 is 10.6 Å².